The lowest BCUT2D eigenvalue weighted by Crippen LogP contribution is -1.78. The highest BCUT2D eigenvalue weighted by Gasteiger charge is 1.92. The molecule has 13 heavy (non-hydrogen) atoms. The smallest absolute Gasteiger partial charge is 0.117 e. The average molecular weight is 195 g/mol. The molecule has 1 rings (SSSR count). The number of hydrogen-bond donors (Lipinski definition) is 1. The lowest BCUT2D eigenvalue weighted by molar-refractivity contribution is 0.474. The average Bonchev–Trinajstić information content (AvgIpc) is 2.03. The molecule has 0 atom stereocenters. The Labute approximate surface area is 83.4 Å². The van der Waals surface area contributed by atoms with Gasteiger partial charge in [0.05, 0.1) is 0 Å². The first-order valence-corrected chi connectivity index (χ1v) is 4.61. The molecule has 68 valence electrons. The van der Waals surface area contributed by atoms with Gasteiger partial charge in [-0.25, -0.2) is 0 Å². The predicted octanol–water partition coefficient (Wildman–Crippen LogP) is 2.68. The summed E-state index contributed by atoms with van der Waals surface area (Å²) >= 11 is 5.48. The lowest BCUT2D eigenvalue weighted by atomic mass is 10.1. The van der Waals surface area contributed by atoms with Crippen molar-refractivity contribution in [3.05, 3.63) is 29.3 Å². The molecule has 1 aromatic rings. The van der Waals surface area contributed by atoms with Crippen molar-refractivity contribution in [1.82, 2.24) is 0 Å². The van der Waals surface area contributed by atoms with Gasteiger partial charge < -0.3 is 5.11 Å². The van der Waals surface area contributed by atoms with Crippen LogP contribution in [0.1, 0.15) is 17.5 Å². The van der Waals surface area contributed by atoms with Gasteiger partial charge in [0.2, 0.25) is 0 Å². The maximum atomic E-state index is 9.26. The van der Waals surface area contributed by atoms with Crippen LogP contribution in [0.5, 0.6) is 5.75 Å². The van der Waals surface area contributed by atoms with E-state index in [0.29, 0.717) is 12.3 Å². The van der Waals surface area contributed by atoms with E-state index < -0.39 is 0 Å². The van der Waals surface area contributed by atoms with Gasteiger partial charge in [-0.1, -0.05) is 11.8 Å². The molecule has 0 amide bonds. The van der Waals surface area contributed by atoms with E-state index >= 15 is 0 Å². The number of halogens is 1. The molecule has 0 fully saturated rings. The maximum absolute atomic E-state index is 9.26. The van der Waals surface area contributed by atoms with Gasteiger partial charge in [0.1, 0.15) is 5.75 Å². The summed E-state index contributed by atoms with van der Waals surface area (Å²) in [5, 5.41) is 9.26. The molecule has 0 saturated carbocycles. The van der Waals surface area contributed by atoms with E-state index in [1.807, 2.05) is 13.0 Å². The third-order valence-corrected chi connectivity index (χ3v) is 1.70. The van der Waals surface area contributed by atoms with Crippen LogP contribution in [0.2, 0.25) is 0 Å². The van der Waals surface area contributed by atoms with Crippen LogP contribution in [-0.4, -0.2) is 11.0 Å². The summed E-state index contributed by atoms with van der Waals surface area (Å²) < 4.78 is 0. The van der Waals surface area contributed by atoms with Crippen LogP contribution in [0, 0.1) is 18.8 Å². The van der Waals surface area contributed by atoms with Gasteiger partial charge in [-0.05, 0) is 30.7 Å². The first-order chi connectivity index (χ1) is 6.22. The summed E-state index contributed by atoms with van der Waals surface area (Å²) in [6.07, 6.45) is 0.677. The van der Waals surface area contributed by atoms with Crippen LogP contribution in [-0.2, 0) is 0 Å². The minimum absolute atomic E-state index is 0.259. The van der Waals surface area contributed by atoms with Crippen LogP contribution >= 0.6 is 11.6 Å². The fraction of sp³-hybridized carbons (Fsp3) is 0.273. The summed E-state index contributed by atoms with van der Waals surface area (Å²) in [5.74, 6) is 6.65. The van der Waals surface area contributed by atoms with E-state index in [2.05, 4.69) is 11.8 Å². The van der Waals surface area contributed by atoms with Crippen LogP contribution in [0.15, 0.2) is 18.2 Å². The molecule has 0 aliphatic carbocycles. The minimum atomic E-state index is 0.259. The molecule has 0 unspecified atom stereocenters. The van der Waals surface area contributed by atoms with E-state index in [9.17, 15) is 5.11 Å². The molecule has 1 aromatic carbocycles. The fourth-order valence-electron chi connectivity index (χ4n) is 1.05. The van der Waals surface area contributed by atoms with Crippen LogP contribution in [0.3, 0.4) is 0 Å². The first kappa shape index (κ1) is 9.95. The van der Waals surface area contributed by atoms with Crippen molar-refractivity contribution in [2.45, 2.75) is 13.3 Å². The van der Waals surface area contributed by atoms with Crippen molar-refractivity contribution in [1.29, 1.82) is 0 Å². The van der Waals surface area contributed by atoms with E-state index in [1.54, 1.807) is 12.1 Å². The van der Waals surface area contributed by atoms with Crippen molar-refractivity contribution >= 4 is 11.6 Å². The molecule has 0 aliphatic rings. The Morgan fingerprint density at radius 3 is 2.77 bits per heavy atom. The van der Waals surface area contributed by atoms with Gasteiger partial charge in [0.25, 0.3) is 0 Å². The summed E-state index contributed by atoms with van der Waals surface area (Å²) in [4.78, 5) is 0. The third kappa shape index (κ3) is 3.40. The van der Waals surface area contributed by atoms with E-state index in [4.69, 9.17) is 11.6 Å². The second kappa shape index (κ2) is 4.79. The number of hydrogen-bond acceptors (Lipinski definition) is 1. The Kier molecular flexibility index (Phi) is 3.67. The van der Waals surface area contributed by atoms with Gasteiger partial charge in [-0.3, -0.25) is 0 Å². The van der Waals surface area contributed by atoms with Crippen molar-refractivity contribution in [3.8, 4) is 17.6 Å². The van der Waals surface area contributed by atoms with E-state index in [-0.39, 0.29) is 5.75 Å². The molecule has 0 aliphatic heterocycles. The van der Waals surface area contributed by atoms with Gasteiger partial charge in [0.15, 0.2) is 0 Å². The van der Waals surface area contributed by atoms with Crippen molar-refractivity contribution < 1.29 is 5.11 Å². The second-order valence-electron chi connectivity index (χ2n) is 2.80. The van der Waals surface area contributed by atoms with E-state index in [1.165, 1.54) is 0 Å². The number of aromatic hydroxyl groups is 1. The van der Waals surface area contributed by atoms with Gasteiger partial charge in [-0.15, -0.1) is 11.6 Å². The second-order valence-corrected chi connectivity index (χ2v) is 3.18. The molecule has 0 heterocycles. The normalized spacial score (nSPS) is 9.08. The number of phenolic OH excluding ortho intramolecular Hbond substituents is 1. The molecule has 0 radical (unpaired) electrons. The highest BCUT2D eigenvalue weighted by Crippen LogP contribution is 2.13. The summed E-state index contributed by atoms with van der Waals surface area (Å²) in [6.45, 7) is 1.92. The van der Waals surface area contributed by atoms with Crippen LogP contribution in [0.25, 0.3) is 0 Å². The monoisotopic (exact) mass is 194 g/mol. The fourth-order valence-corrected chi connectivity index (χ4v) is 1.14. The zero-order valence-corrected chi connectivity index (χ0v) is 8.23. The number of aryl methyl sites for hydroxylation is 1. The van der Waals surface area contributed by atoms with Crippen LogP contribution < -0.4 is 0 Å². The van der Waals surface area contributed by atoms with Crippen molar-refractivity contribution in [3.63, 3.8) is 0 Å². The highest BCUT2D eigenvalue weighted by atomic mass is 35.5. The molecule has 2 heteroatoms. The number of alkyl halides is 1. The zero-order chi connectivity index (χ0) is 9.68. The van der Waals surface area contributed by atoms with Crippen molar-refractivity contribution in [2.75, 3.05) is 5.88 Å². The standard InChI is InChI=1S/C11H11ClO/c1-9-6-10(4-2-3-5-12)8-11(13)7-9/h6-8,13H,3,5H2,1H3. The summed E-state index contributed by atoms with van der Waals surface area (Å²) in [7, 11) is 0. The van der Waals surface area contributed by atoms with Gasteiger partial charge in [-0.2, -0.15) is 0 Å². The highest BCUT2D eigenvalue weighted by molar-refractivity contribution is 6.18. The van der Waals surface area contributed by atoms with Gasteiger partial charge >= 0.3 is 0 Å². The Balaban J connectivity index is 2.85. The Hall–Kier alpha value is -1.13. The minimum Gasteiger partial charge on any atom is -0.508 e. The quantitative estimate of drug-likeness (QED) is 0.539. The Morgan fingerprint density at radius 2 is 2.15 bits per heavy atom. The molecule has 0 bridgehead atoms. The molecule has 1 nitrogen and oxygen atoms in total. The Morgan fingerprint density at radius 1 is 1.38 bits per heavy atom. The van der Waals surface area contributed by atoms with Crippen LogP contribution in [0.4, 0.5) is 0 Å². The van der Waals surface area contributed by atoms with E-state index in [0.717, 1.165) is 11.1 Å². The number of benzene rings is 1. The molecule has 0 saturated heterocycles. The SMILES string of the molecule is Cc1cc(O)cc(C#CCCCl)c1. The number of phenols is 1. The summed E-state index contributed by atoms with van der Waals surface area (Å²) in [6, 6.07) is 5.28. The third-order valence-electron chi connectivity index (χ3n) is 1.51. The zero-order valence-electron chi connectivity index (χ0n) is 7.47. The number of rotatable bonds is 1. The molecule has 0 aromatic heterocycles. The maximum Gasteiger partial charge on any atom is 0.117 e. The molecular weight excluding hydrogens is 184 g/mol. The van der Waals surface area contributed by atoms with Crippen molar-refractivity contribution in [2.24, 2.45) is 0 Å². The van der Waals surface area contributed by atoms with Gasteiger partial charge in [0, 0.05) is 17.9 Å². The largest absolute Gasteiger partial charge is 0.508 e. The lowest BCUT2D eigenvalue weighted by Gasteiger charge is -1.96. The predicted molar refractivity (Wildman–Crippen MR) is 55.1 cm³/mol. The summed E-state index contributed by atoms with van der Waals surface area (Å²) in [5.41, 5.74) is 1.85. The molecular formula is C11H11ClO. The molecule has 1 N–H and O–H groups in total. The Bertz CT molecular complexity index is 327. The topological polar surface area (TPSA) is 20.2 Å². The first-order valence-electron chi connectivity index (χ1n) is 4.08. The molecule has 0 spiro atoms.